The molecule has 2 nitrogen and oxygen atoms in total. The van der Waals surface area contributed by atoms with Crippen LogP contribution in [0.15, 0.2) is 103 Å². The zero-order valence-corrected chi connectivity index (χ0v) is 19.3. The summed E-state index contributed by atoms with van der Waals surface area (Å²) in [7, 11) is -1.97. The molecule has 3 aromatic carbocycles. The highest BCUT2D eigenvalue weighted by Gasteiger charge is 2.44. The molecule has 0 aromatic heterocycles. The van der Waals surface area contributed by atoms with Gasteiger partial charge in [0.15, 0.2) is 0 Å². The average Bonchev–Trinajstić information content (AvgIpc) is 2.76. The van der Waals surface area contributed by atoms with Crippen LogP contribution < -0.4 is 28.3 Å². The Morgan fingerprint density at radius 1 is 0.800 bits per heavy atom. The van der Waals surface area contributed by atoms with Gasteiger partial charge in [0.1, 0.15) is 23.2 Å². The van der Waals surface area contributed by atoms with E-state index in [0.717, 1.165) is 6.16 Å². The summed E-state index contributed by atoms with van der Waals surface area (Å²) in [5.41, 5.74) is 0.658. The molecule has 0 bridgehead atoms. The topological polar surface area (TPSA) is 26.3 Å². The predicted octanol–water partition coefficient (Wildman–Crippen LogP) is 1.88. The second kappa shape index (κ2) is 11.1. The molecule has 0 aliphatic rings. The first-order chi connectivity index (χ1) is 14.0. The third kappa shape index (κ3) is 5.39. The number of benzene rings is 3. The second-order valence-electron chi connectivity index (χ2n) is 7.34. The lowest BCUT2D eigenvalue weighted by molar-refractivity contribution is -0.142. The highest BCUT2D eigenvalue weighted by molar-refractivity contribution is 7.95. The first-order valence-corrected chi connectivity index (χ1v) is 11.9. The van der Waals surface area contributed by atoms with Gasteiger partial charge in [-0.2, -0.15) is 0 Å². The van der Waals surface area contributed by atoms with Gasteiger partial charge in [-0.1, -0.05) is 54.6 Å². The molecule has 0 saturated heterocycles. The summed E-state index contributed by atoms with van der Waals surface area (Å²) in [5, 5.41) is 3.91. The van der Waals surface area contributed by atoms with E-state index < -0.39 is 7.26 Å². The fourth-order valence-corrected chi connectivity index (χ4v) is 7.59. The van der Waals surface area contributed by atoms with Gasteiger partial charge in [0, 0.05) is 5.57 Å². The third-order valence-electron chi connectivity index (χ3n) is 4.93. The first kappa shape index (κ1) is 23.9. The van der Waals surface area contributed by atoms with Crippen molar-refractivity contribution in [3.05, 3.63) is 103 Å². The van der Waals surface area contributed by atoms with Gasteiger partial charge in [-0.3, -0.25) is 0 Å². The van der Waals surface area contributed by atoms with Crippen LogP contribution in [0.3, 0.4) is 0 Å². The molecule has 3 aromatic rings. The van der Waals surface area contributed by atoms with Crippen LogP contribution in [0.1, 0.15) is 20.8 Å². The second-order valence-corrected chi connectivity index (χ2v) is 10.9. The maximum Gasteiger partial charge on any atom is 0.333 e. The summed E-state index contributed by atoms with van der Waals surface area (Å²) >= 11 is 0. The highest BCUT2D eigenvalue weighted by atomic mass is 35.5. The summed E-state index contributed by atoms with van der Waals surface area (Å²) in [4.78, 5) is 12.4. The van der Waals surface area contributed by atoms with Gasteiger partial charge in [0.05, 0.1) is 12.3 Å². The molecular weight excluding hydrogens is 411 g/mol. The van der Waals surface area contributed by atoms with Gasteiger partial charge in [-0.15, -0.1) is 0 Å². The molecule has 0 aliphatic carbocycles. The Labute approximate surface area is 186 Å². The van der Waals surface area contributed by atoms with E-state index in [9.17, 15) is 4.79 Å². The number of hydrogen-bond donors (Lipinski definition) is 0. The number of rotatable bonds is 7. The van der Waals surface area contributed by atoms with Crippen molar-refractivity contribution in [3.63, 3.8) is 0 Å². The first-order valence-electron chi connectivity index (χ1n) is 9.96. The van der Waals surface area contributed by atoms with Crippen LogP contribution >= 0.6 is 7.26 Å². The lowest BCUT2D eigenvalue weighted by Crippen LogP contribution is -3.00. The molecule has 0 amide bonds. The molecule has 0 atom stereocenters. The van der Waals surface area contributed by atoms with E-state index in [0.29, 0.717) is 5.57 Å². The lowest BCUT2D eigenvalue weighted by Gasteiger charge is -2.26. The van der Waals surface area contributed by atoms with Crippen molar-refractivity contribution in [2.75, 3.05) is 6.16 Å². The van der Waals surface area contributed by atoms with Crippen molar-refractivity contribution in [1.82, 2.24) is 0 Å². The molecule has 0 N–H and O–H groups in total. The quantitative estimate of drug-likeness (QED) is 0.320. The summed E-state index contributed by atoms with van der Waals surface area (Å²) in [6, 6.07) is 32.0. The van der Waals surface area contributed by atoms with Crippen molar-refractivity contribution in [1.29, 1.82) is 0 Å². The van der Waals surface area contributed by atoms with Crippen LogP contribution in [0.4, 0.5) is 0 Å². The summed E-state index contributed by atoms with van der Waals surface area (Å²) in [5.74, 6) is -0.243. The predicted molar refractivity (Wildman–Crippen MR) is 125 cm³/mol. The monoisotopic (exact) mass is 438 g/mol. The lowest BCUT2D eigenvalue weighted by atomic mass is 10.3. The van der Waals surface area contributed by atoms with Gasteiger partial charge in [0.25, 0.3) is 0 Å². The minimum Gasteiger partial charge on any atom is -1.00 e. The Hall–Kier alpha value is -2.41. The normalized spacial score (nSPS) is 11.7. The van der Waals surface area contributed by atoms with E-state index in [2.05, 4.69) is 97.1 Å². The number of carbonyl (C=O) groups excluding carboxylic acids is 1. The number of ether oxygens (including phenoxy) is 1. The molecule has 0 spiro atoms. The van der Waals surface area contributed by atoms with Crippen molar-refractivity contribution >= 4 is 29.1 Å². The van der Waals surface area contributed by atoms with E-state index in [1.54, 1.807) is 0 Å². The smallest absolute Gasteiger partial charge is 0.333 e. The maximum absolute atomic E-state index is 12.4. The molecule has 156 valence electrons. The Morgan fingerprint density at radius 3 is 1.50 bits per heavy atom. The molecular formula is C26H28ClO2P. The Kier molecular flexibility index (Phi) is 8.84. The molecule has 0 fully saturated rings. The Bertz CT molecular complexity index is 857. The average molecular weight is 439 g/mol. The van der Waals surface area contributed by atoms with Crippen LogP contribution in [-0.2, 0) is 9.53 Å². The van der Waals surface area contributed by atoms with Crippen molar-refractivity contribution < 1.29 is 21.9 Å². The van der Waals surface area contributed by atoms with E-state index >= 15 is 0 Å². The summed E-state index contributed by atoms with van der Waals surface area (Å²) in [6.07, 6.45) is 2.71. The molecule has 0 aliphatic heterocycles. The van der Waals surface area contributed by atoms with Gasteiger partial charge >= 0.3 is 5.97 Å². The molecule has 4 heteroatoms. The van der Waals surface area contributed by atoms with E-state index in [4.69, 9.17) is 4.74 Å². The molecule has 0 radical (unpaired) electrons. The van der Waals surface area contributed by atoms with E-state index in [-0.39, 0.29) is 24.5 Å². The third-order valence-corrected chi connectivity index (χ3v) is 9.20. The largest absolute Gasteiger partial charge is 1.00 e. The Balaban J connectivity index is 0.00000320. The van der Waals surface area contributed by atoms with Crippen LogP contribution in [0.5, 0.6) is 0 Å². The van der Waals surface area contributed by atoms with E-state index in [1.807, 2.05) is 20.8 Å². The van der Waals surface area contributed by atoms with E-state index in [1.165, 1.54) is 15.9 Å². The van der Waals surface area contributed by atoms with Gasteiger partial charge in [-0.25, -0.2) is 4.79 Å². The number of hydrogen-bond acceptors (Lipinski definition) is 2. The molecule has 30 heavy (non-hydrogen) atoms. The summed E-state index contributed by atoms with van der Waals surface area (Å²) in [6.45, 7) is 5.60. The van der Waals surface area contributed by atoms with Gasteiger partial charge < -0.3 is 17.1 Å². The fraction of sp³-hybridized carbons (Fsp3) is 0.192. The minimum absolute atomic E-state index is 0. The number of carbonyl (C=O) groups is 1. The van der Waals surface area contributed by atoms with Gasteiger partial charge in [0.2, 0.25) is 0 Å². The number of allylic oxidation sites excluding steroid dienone is 1. The molecule has 3 rings (SSSR count). The SMILES string of the molecule is CC(=CC[P+](c1ccccc1)(c1ccccc1)c1ccccc1)C(=O)OC(C)C.[Cl-]. The van der Waals surface area contributed by atoms with Crippen LogP contribution in [0.2, 0.25) is 0 Å². The van der Waals surface area contributed by atoms with Crippen LogP contribution in [-0.4, -0.2) is 18.2 Å². The Morgan fingerprint density at radius 2 is 1.17 bits per heavy atom. The van der Waals surface area contributed by atoms with Crippen LogP contribution in [0.25, 0.3) is 0 Å². The number of esters is 1. The highest BCUT2D eigenvalue weighted by Crippen LogP contribution is 2.55. The van der Waals surface area contributed by atoms with Crippen LogP contribution in [0, 0.1) is 0 Å². The minimum atomic E-state index is -1.97. The fourth-order valence-electron chi connectivity index (χ4n) is 3.48. The van der Waals surface area contributed by atoms with Crippen molar-refractivity contribution in [3.8, 4) is 0 Å². The van der Waals surface area contributed by atoms with Crippen molar-refractivity contribution in [2.45, 2.75) is 26.9 Å². The van der Waals surface area contributed by atoms with Crippen molar-refractivity contribution in [2.24, 2.45) is 0 Å². The summed E-state index contributed by atoms with van der Waals surface area (Å²) < 4.78 is 5.40. The zero-order chi connectivity index (χ0) is 20.7. The maximum atomic E-state index is 12.4. The standard InChI is InChI=1S/C26H28O2P.ClH/c1-21(2)28-26(27)22(3)19-20-29(23-13-7-4-8-14-23,24-15-9-5-10-16-24)25-17-11-6-12-18-25;/h4-19,21H,20H2,1-3H3;1H/q+1;/p-1. The number of halogens is 1. The molecule has 0 saturated carbocycles. The molecule has 0 heterocycles. The zero-order valence-electron chi connectivity index (χ0n) is 17.7. The van der Waals surface area contributed by atoms with Gasteiger partial charge in [-0.05, 0) is 63.2 Å². The molecule has 0 unspecified atom stereocenters.